The van der Waals surface area contributed by atoms with Crippen LogP contribution in [-0.4, -0.2) is 93.6 Å². The van der Waals surface area contributed by atoms with E-state index in [2.05, 4.69) is 20.3 Å². The molecule has 0 aliphatic carbocycles. The maximum Gasteiger partial charge on any atom is 0.286 e. The number of aliphatic hydroxyl groups is 5. The summed E-state index contributed by atoms with van der Waals surface area (Å²) in [7, 11) is 0. The van der Waals surface area contributed by atoms with Crippen molar-refractivity contribution in [1.82, 2.24) is 19.5 Å². The number of rotatable bonds is 6. The Hall–Kier alpha value is -2.79. The Morgan fingerprint density at radius 3 is 2.57 bits per heavy atom. The van der Waals surface area contributed by atoms with E-state index in [0.29, 0.717) is 0 Å². The van der Waals surface area contributed by atoms with Gasteiger partial charge < -0.3 is 47.1 Å². The number of aromatic nitrogens is 4. The maximum atomic E-state index is 12.3. The minimum atomic E-state index is -3.27. The van der Waals surface area contributed by atoms with Crippen LogP contribution >= 0.6 is 0 Å². The summed E-state index contributed by atoms with van der Waals surface area (Å²) in [5.41, 5.74) is 7.78. The SMILES string of the molecule is C[C@@H](O)[C@H](N)C(=O)Nc1ncnc2c1ncn2[C@]1(C(N)=O)O[C@H](CO)[C@@H](O)C1(O)O. The fourth-order valence-corrected chi connectivity index (χ4v) is 3.14. The van der Waals surface area contributed by atoms with E-state index in [0.717, 1.165) is 17.2 Å². The average Bonchev–Trinajstić information content (AvgIpc) is 3.20. The van der Waals surface area contributed by atoms with Crippen molar-refractivity contribution < 1.29 is 39.9 Å². The summed E-state index contributed by atoms with van der Waals surface area (Å²) < 4.78 is 6.02. The molecule has 1 fully saturated rings. The van der Waals surface area contributed by atoms with Gasteiger partial charge in [-0.25, -0.2) is 15.0 Å². The molecular weight excluding hydrogens is 406 g/mol. The van der Waals surface area contributed by atoms with Crippen molar-refractivity contribution in [2.24, 2.45) is 11.5 Å². The third-order valence-electron chi connectivity index (χ3n) is 4.84. The fourth-order valence-electron chi connectivity index (χ4n) is 3.14. The minimum absolute atomic E-state index is 0.120. The smallest absolute Gasteiger partial charge is 0.286 e. The number of imidazole rings is 1. The highest BCUT2D eigenvalue weighted by Gasteiger charge is 2.70. The van der Waals surface area contributed by atoms with Gasteiger partial charge in [-0.3, -0.25) is 14.2 Å². The van der Waals surface area contributed by atoms with Gasteiger partial charge in [0.05, 0.1) is 12.7 Å². The third kappa shape index (κ3) is 3.00. The fraction of sp³-hybridized carbons (Fsp3) is 0.533. The zero-order chi connectivity index (χ0) is 22.4. The molecule has 2 aromatic rings. The molecule has 0 radical (unpaired) electrons. The molecule has 1 saturated heterocycles. The second-order valence-corrected chi connectivity index (χ2v) is 6.78. The molecule has 0 spiro atoms. The van der Waals surface area contributed by atoms with E-state index in [4.69, 9.17) is 16.2 Å². The van der Waals surface area contributed by atoms with Crippen LogP contribution in [0.1, 0.15) is 6.92 Å². The van der Waals surface area contributed by atoms with Gasteiger partial charge in [0.1, 0.15) is 30.9 Å². The number of ether oxygens (including phenoxy) is 1. The highest BCUT2D eigenvalue weighted by Crippen LogP contribution is 2.43. The normalized spacial score (nSPS) is 27.7. The zero-order valence-corrected chi connectivity index (χ0v) is 15.6. The van der Waals surface area contributed by atoms with Crippen LogP contribution in [0.2, 0.25) is 0 Å². The van der Waals surface area contributed by atoms with Gasteiger partial charge in [-0.15, -0.1) is 0 Å². The molecule has 0 bridgehead atoms. The molecule has 30 heavy (non-hydrogen) atoms. The molecule has 15 heteroatoms. The van der Waals surface area contributed by atoms with Gasteiger partial charge in [0.15, 0.2) is 17.0 Å². The number of carbonyl (C=O) groups is 2. The maximum absolute atomic E-state index is 12.3. The number of primary amides is 1. The Morgan fingerprint density at radius 2 is 2.03 bits per heavy atom. The number of aliphatic hydroxyl groups excluding tert-OH is 3. The average molecular weight is 427 g/mol. The molecule has 1 aliphatic rings. The Morgan fingerprint density at radius 1 is 1.37 bits per heavy atom. The molecule has 0 saturated carbocycles. The summed E-state index contributed by atoms with van der Waals surface area (Å²) in [6.45, 7) is 0.451. The molecule has 164 valence electrons. The Kier molecular flexibility index (Phi) is 5.46. The van der Waals surface area contributed by atoms with E-state index in [1.54, 1.807) is 0 Å². The number of nitrogens with one attached hydrogen (secondary N) is 1. The van der Waals surface area contributed by atoms with Gasteiger partial charge in [0.25, 0.3) is 17.4 Å². The number of fused-ring (bicyclic) bond motifs is 1. The Labute approximate surface area is 167 Å². The molecule has 3 rings (SSSR count). The molecule has 3 heterocycles. The highest BCUT2D eigenvalue weighted by molar-refractivity contribution is 6.00. The summed E-state index contributed by atoms with van der Waals surface area (Å²) in [5.74, 6) is -5.67. The molecule has 2 aromatic heterocycles. The first-order valence-corrected chi connectivity index (χ1v) is 8.63. The Balaban J connectivity index is 2.13. The second kappa shape index (κ2) is 7.47. The lowest BCUT2D eigenvalue weighted by atomic mass is 9.97. The molecule has 15 nitrogen and oxygen atoms in total. The van der Waals surface area contributed by atoms with Gasteiger partial charge in [-0.2, -0.15) is 0 Å². The standard InChI is InChI=1S/C15H21N7O8/c1-5(24)7(16)12(26)21-10-8-11(19-3-18-10)22(4-20-8)14(13(17)27)15(28,29)9(25)6(2-23)30-14/h3-7,9,23-25,28-29H,2,16H2,1H3,(H2,17,27)(H,18,19,21,26)/t5-,6-,7+,9-,14-/m1/s1. The monoisotopic (exact) mass is 427 g/mol. The van der Waals surface area contributed by atoms with Gasteiger partial charge in [0, 0.05) is 0 Å². The number of hydrogen-bond acceptors (Lipinski definition) is 12. The highest BCUT2D eigenvalue weighted by atomic mass is 16.6. The molecule has 5 atom stereocenters. The molecule has 1 aliphatic heterocycles. The van der Waals surface area contributed by atoms with Gasteiger partial charge in [-0.05, 0) is 6.92 Å². The minimum Gasteiger partial charge on any atom is -0.394 e. The molecule has 10 N–H and O–H groups in total. The number of hydrogen-bond donors (Lipinski definition) is 8. The van der Waals surface area contributed by atoms with Crippen LogP contribution in [0.5, 0.6) is 0 Å². The van der Waals surface area contributed by atoms with Crippen LogP contribution in [-0.2, 0) is 20.1 Å². The predicted octanol–water partition coefficient (Wildman–Crippen LogP) is -4.96. The van der Waals surface area contributed by atoms with E-state index in [-0.39, 0.29) is 17.0 Å². The van der Waals surface area contributed by atoms with Crippen LogP contribution in [0.3, 0.4) is 0 Å². The van der Waals surface area contributed by atoms with Crippen molar-refractivity contribution in [3.8, 4) is 0 Å². The first-order chi connectivity index (χ1) is 14.0. The summed E-state index contributed by atoms with van der Waals surface area (Å²) >= 11 is 0. The topological polar surface area (TPSA) is 252 Å². The van der Waals surface area contributed by atoms with Crippen molar-refractivity contribution in [3.05, 3.63) is 12.7 Å². The van der Waals surface area contributed by atoms with E-state index in [9.17, 15) is 35.1 Å². The van der Waals surface area contributed by atoms with Crippen molar-refractivity contribution in [2.75, 3.05) is 11.9 Å². The molecular formula is C15H21N7O8. The summed E-state index contributed by atoms with van der Waals surface area (Å²) in [5, 5.41) is 52.2. The lowest BCUT2D eigenvalue weighted by Crippen LogP contribution is -2.63. The largest absolute Gasteiger partial charge is 0.394 e. The van der Waals surface area contributed by atoms with Crippen LogP contribution < -0.4 is 16.8 Å². The van der Waals surface area contributed by atoms with Gasteiger partial charge in [-0.1, -0.05) is 0 Å². The lowest BCUT2D eigenvalue weighted by Gasteiger charge is -2.35. The van der Waals surface area contributed by atoms with E-state index < -0.39 is 54.3 Å². The number of nitrogens with zero attached hydrogens (tertiary/aromatic N) is 4. The third-order valence-corrected chi connectivity index (χ3v) is 4.84. The number of nitrogens with two attached hydrogens (primary N) is 2. The lowest BCUT2D eigenvalue weighted by molar-refractivity contribution is -0.286. The van der Waals surface area contributed by atoms with E-state index in [1.807, 2.05) is 0 Å². The van der Waals surface area contributed by atoms with Crippen molar-refractivity contribution in [2.45, 2.75) is 42.8 Å². The van der Waals surface area contributed by atoms with Crippen LogP contribution in [0.4, 0.5) is 5.82 Å². The second-order valence-electron chi connectivity index (χ2n) is 6.78. The van der Waals surface area contributed by atoms with Gasteiger partial charge in [0.2, 0.25) is 5.91 Å². The predicted molar refractivity (Wildman–Crippen MR) is 95.9 cm³/mol. The van der Waals surface area contributed by atoms with Crippen molar-refractivity contribution in [1.29, 1.82) is 0 Å². The van der Waals surface area contributed by atoms with Gasteiger partial charge >= 0.3 is 0 Å². The van der Waals surface area contributed by atoms with E-state index in [1.165, 1.54) is 6.92 Å². The summed E-state index contributed by atoms with van der Waals surface area (Å²) in [4.78, 5) is 36.1. The summed E-state index contributed by atoms with van der Waals surface area (Å²) in [6.07, 6.45) is -2.98. The first-order valence-electron chi connectivity index (χ1n) is 8.63. The first kappa shape index (κ1) is 21.9. The number of carbonyl (C=O) groups excluding carboxylic acids is 2. The quantitative estimate of drug-likeness (QED) is 0.202. The Bertz CT molecular complexity index is 979. The number of anilines is 1. The van der Waals surface area contributed by atoms with Crippen molar-refractivity contribution in [3.63, 3.8) is 0 Å². The van der Waals surface area contributed by atoms with Crippen LogP contribution in [0, 0.1) is 0 Å². The molecule has 2 amide bonds. The molecule has 0 unspecified atom stereocenters. The zero-order valence-electron chi connectivity index (χ0n) is 15.6. The number of amides is 2. The van der Waals surface area contributed by atoms with Crippen LogP contribution in [0.25, 0.3) is 11.2 Å². The van der Waals surface area contributed by atoms with E-state index >= 15 is 0 Å². The van der Waals surface area contributed by atoms with Crippen LogP contribution in [0.15, 0.2) is 12.7 Å². The summed E-state index contributed by atoms with van der Waals surface area (Å²) in [6, 6.07) is -1.28. The molecule has 0 aromatic carbocycles. The van der Waals surface area contributed by atoms with Crippen molar-refractivity contribution >= 4 is 28.8 Å².